The number of aliphatic carboxylic acids is 1. The molecule has 0 aromatic heterocycles. The average molecular weight is 237 g/mol. The average Bonchev–Trinajstić information content (AvgIpc) is 2.28. The number of likely N-dealkylation sites (N-methyl/N-ethyl adjacent to an activating group) is 1. The van der Waals surface area contributed by atoms with Gasteiger partial charge in [0.25, 0.3) is 5.91 Å². The normalized spacial score (nSPS) is 10.0. The molecule has 0 fully saturated rings. The predicted octanol–water partition coefficient (Wildman–Crippen LogP) is 0.990. The highest BCUT2D eigenvalue weighted by atomic mass is 16.5. The molecule has 0 saturated heterocycles. The van der Waals surface area contributed by atoms with Gasteiger partial charge in [-0.3, -0.25) is 9.59 Å². The molecule has 0 aliphatic carbocycles. The van der Waals surface area contributed by atoms with Crippen LogP contribution in [0.3, 0.4) is 0 Å². The van der Waals surface area contributed by atoms with E-state index >= 15 is 0 Å². The lowest BCUT2D eigenvalue weighted by atomic mass is 10.1. The number of hydrogen-bond donors (Lipinski definition) is 1. The Balaban J connectivity index is 2.91. The van der Waals surface area contributed by atoms with Gasteiger partial charge in [-0.1, -0.05) is 18.2 Å². The second kappa shape index (κ2) is 6.00. The van der Waals surface area contributed by atoms with Crippen LogP contribution < -0.4 is 0 Å². The van der Waals surface area contributed by atoms with Gasteiger partial charge in [0.05, 0.1) is 6.61 Å². The minimum absolute atomic E-state index is 0.319. The van der Waals surface area contributed by atoms with Crippen molar-refractivity contribution in [2.45, 2.75) is 6.61 Å². The van der Waals surface area contributed by atoms with Gasteiger partial charge in [-0.25, -0.2) is 0 Å². The number of carboxylic acid groups (broad SMARTS) is 1. The molecule has 0 atom stereocenters. The van der Waals surface area contributed by atoms with Gasteiger partial charge in [0.15, 0.2) is 0 Å². The fourth-order valence-electron chi connectivity index (χ4n) is 1.49. The molecule has 0 radical (unpaired) electrons. The number of carbonyl (C=O) groups excluding carboxylic acids is 1. The fourth-order valence-corrected chi connectivity index (χ4v) is 1.49. The summed E-state index contributed by atoms with van der Waals surface area (Å²) in [5.74, 6) is -1.36. The highest BCUT2D eigenvalue weighted by Gasteiger charge is 2.16. The topological polar surface area (TPSA) is 66.8 Å². The lowest BCUT2D eigenvalue weighted by Crippen LogP contribution is -2.32. The zero-order valence-electron chi connectivity index (χ0n) is 9.84. The van der Waals surface area contributed by atoms with E-state index in [1.807, 2.05) is 6.07 Å². The van der Waals surface area contributed by atoms with Gasteiger partial charge in [-0.15, -0.1) is 0 Å². The quantitative estimate of drug-likeness (QED) is 0.829. The summed E-state index contributed by atoms with van der Waals surface area (Å²) in [5, 5.41) is 8.63. The van der Waals surface area contributed by atoms with E-state index in [-0.39, 0.29) is 12.5 Å². The Bertz CT molecular complexity index is 417. The molecular weight excluding hydrogens is 222 g/mol. The van der Waals surface area contributed by atoms with Crippen molar-refractivity contribution in [1.29, 1.82) is 0 Å². The van der Waals surface area contributed by atoms with Crippen molar-refractivity contribution in [3.8, 4) is 0 Å². The molecule has 0 aliphatic rings. The third-order valence-electron chi connectivity index (χ3n) is 2.27. The SMILES string of the molecule is COCc1ccccc1C(=O)N(C)CC(=O)O. The molecule has 0 spiro atoms. The Kier molecular flexibility index (Phi) is 4.66. The van der Waals surface area contributed by atoms with E-state index < -0.39 is 5.97 Å². The first-order valence-electron chi connectivity index (χ1n) is 5.10. The lowest BCUT2D eigenvalue weighted by Gasteiger charge is -2.16. The van der Waals surface area contributed by atoms with Crippen molar-refractivity contribution in [2.24, 2.45) is 0 Å². The molecule has 17 heavy (non-hydrogen) atoms. The van der Waals surface area contributed by atoms with Gasteiger partial charge >= 0.3 is 5.97 Å². The number of carbonyl (C=O) groups is 2. The fraction of sp³-hybridized carbons (Fsp3) is 0.333. The molecule has 1 aromatic carbocycles. The number of carboxylic acids is 1. The summed E-state index contributed by atoms with van der Waals surface area (Å²) in [6.07, 6.45) is 0. The number of methoxy groups -OCH3 is 1. The van der Waals surface area contributed by atoms with Crippen LogP contribution in [0.25, 0.3) is 0 Å². The van der Waals surface area contributed by atoms with Crippen LogP contribution in [0.2, 0.25) is 0 Å². The van der Waals surface area contributed by atoms with Crippen LogP contribution in [0.15, 0.2) is 24.3 Å². The minimum atomic E-state index is -1.04. The summed E-state index contributed by atoms with van der Waals surface area (Å²) >= 11 is 0. The number of amides is 1. The van der Waals surface area contributed by atoms with Crippen LogP contribution in [0.4, 0.5) is 0 Å². The molecule has 1 N–H and O–H groups in total. The molecule has 0 bridgehead atoms. The van der Waals surface area contributed by atoms with Gasteiger partial charge in [-0.05, 0) is 11.6 Å². The van der Waals surface area contributed by atoms with Crippen LogP contribution in [-0.2, 0) is 16.1 Å². The maximum absolute atomic E-state index is 12.0. The van der Waals surface area contributed by atoms with Gasteiger partial charge < -0.3 is 14.7 Å². The molecular formula is C12H15NO4. The van der Waals surface area contributed by atoms with Crippen molar-refractivity contribution in [2.75, 3.05) is 20.7 Å². The molecule has 0 saturated carbocycles. The second-order valence-corrected chi connectivity index (χ2v) is 3.65. The van der Waals surface area contributed by atoms with Crippen molar-refractivity contribution in [3.63, 3.8) is 0 Å². The summed E-state index contributed by atoms with van der Waals surface area (Å²) in [6, 6.07) is 6.99. The zero-order chi connectivity index (χ0) is 12.8. The van der Waals surface area contributed by atoms with E-state index in [1.165, 1.54) is 7.05 Å². The van der Waals surface area contributed by atoms with Crippen LogP contribution in [-0.4, -0.2) is 42.6 Å². The van der Waals surface area contributed by atoms with E-state index in [1.54, 1.807) is 25.3 Å². The first kappa shape index (κ1) is 13.2. The van der Waals surface area contributed by atoms with Crippen LogP contribution in [0, 0.1) is 0 Å². The van der Waals surface area contributed by atoms with Crippen molar-refractivity contribution >= 4 is 11.9 Å². The molecule has 0 unspecified atom stereocenters. The van der Waals surface area contributed by atoms with Crippen LogP contribution in [0.1, 0.15) is 15.9 Å². The summed E-state index contributed by atoms with van der Waals surface area (Å²) < 4.78 is 4.99. The summed E-state index contributed by atoms with van der Waals surface area (Å²) in [4.78, 5) is 23.7. The highest BCUT2D eigenvalue weighted by molar-refractivity contribution is 5.96. The maximum atomic E-state index is 12.0. The Morgan fingerprint density at radius 1 is 1.35 bits per heavy atom. The van der Waals surface area contributed by atoms with Crippen LogP contribution >= 0.6 is 0 Å². The first-order chi connectivity index (χ1) is 8.06. The van der Waals surface area contributed by atoms with Crippen molar-refractivity contribution in [1.82, 2.24) is 4.90 Å². The van der Waals surface area contributed by atoms with Crippen molar-refractivity contribution < 1.29 is 19.4 Å². The standard InChI is InChI=1S/C12H15NO4/c1-13(7-11(14)15)12(16)10-6-4-3-5-9(10)8-17-2/h3-6H,7-8H2,1-2H3,(H,14,15). The number of rotatable bonds is 5. The summed E-state index contributed by atoms with van der Waals surface area (Å²) in [6.45, 7) is 0.00295. The zero-order valence-corrected chi connectivity index (χ0v) is 9.84. The Hall–Kier alpha value is -1.88. The van der Waals surface area contributed by atoms with Gasteiger partial charge in [-0.2, -0.15) is 0 Å². The van der Waals surface area contributed by atoms with E-state index in [4.69, 9.17) is 9.84 Å². The number of ether oxygens (including phenoxy) is 1. The third-order valence-corrected chi connectivity index (χ3v) is 2.27. The van der Waals surface area contributed by atoms with E-state index in [2.05, 4.69) is 0 Å². The van der Waals surface area contributed by atoms with E-state index in [0.717, 1.165) is 10.5 Å². The molecule has 0 heterocycles. The van der Waals surface area contributed by atoms with Crippen LogP contribution in [0.5, 0.6) is 0 Å². The third kappa shape index (κ3) is 3.57. The number of benzene rings is 1. The second-order valence-electron chi connectivity index (χ2n) is 3.65. The lowest BCUT2D eigenvalue weighted by molar-refractivity contribution is -0.137. The first-order valence-corrected chi connectivity index (χ1v) is 5.10. The molecule has 5 heteroatoms. The number of nitrogens with zero attached hydrogens (tertiary/aromatic N) is 1. The molecule has 1 amide bonds. The molecule has 5 nitrogen and oxygen atoms in total. The van der Waals surface area contributed by atoms with Gasteiger partial charge in [0, 0.05) is 19.7 Å². The molecule has 92 valence electrons. The Morgan fingerprint density at radius 3 is 2.59 bits per heavy atom. The van der Waals surface area contributed by atoms with E-state index in [0.29, 0.717) is 12.2 Å². The molecule has 0 aliphatic heterocycles. The largest absolute Gasteiger partial charge is 0.480 e. The maximum Gasteiger partial charge on any atom is 0.323 e. The minimum Gasteiger partial charge on any atom is -0.480 e. The van der Waals surface area contributed by atoms with E-state index in [9.17, 15) is 9.59 Å². The smallest absolute Gasteiger partial charge is 0.323 e. The molecule has 1 rings (SSSR count). The molecule has 1 aromatic rings. The summed E-state index contributed by atoms with van der Waals surface area (Å²) in [5.41, 5.74) is 1.22. The monoisotopic (exact) mass is 237 g/mol. The van der Waals surface area contributed by atoms with Gasteiger partial charge in [0.1, 0.15) is 6.54 Å². The summed E-state index contributed by atoms with van der Waals surface area (Å²) in [7, 11) is 3.00. The Labute approximate surface area is 99.6 Å². The highest BCUT2D eigenvalue weighted by Crippen LogP contribution is 2.12. The Morgan fingerprint density at radius 2 is 2.00 bits per heavy atom. The van der Waals surface area contributed by atoms with Crippen molar-refractivity contribution in [3.05, 3.63) is 35.4 Å². The predicted molar refractivity (Wildman–Crippen MR) is 61.8 cm³/mol. The number of hydrogen-bond acceptors (Lipinski definition) is 3. The van der Waals surface area contributed by atoms with Gasteiger partial charge in [0.2, 0.25) is 0 Å².